The zero-order chi connectivity index (χ0) is 19.4. The van der Waals surface area contributed by atoms with Gasteiger partial charge < -0.3 is 9.69 Å². The van der Waals surface area contributed by atoms with Gasteiger partial charge in [-0.25, -0.2) is 0 Å². The Balaban J connectivity index is 1.61. The monoisotopic (exact) mass is 376 g/mol. The average Bonchev–Trinajstić information content (AvgIpc) is 2.66. The van der Waals surface area contributed by atoms with Gasteiger partial charge in [0.25, 0.3) is 0 Å². The topological polar surface area (TPSA) is 23.6 Å². The van der Waals surface area contributed by atoms with E-state index in [1.807, 2.05) is 36.1 Å². The van der Waals surface area contributed by atoms with Crippen LogP contribution in [-0.4, -0.2) is 43.9 Å². The number of hydrogen-bond donors (Lipinski definition) is 0. The number of carbonyl (C=O) groups is 1. The first-order chi connectivity index (χ1) is 12.9. The van der Waals surface area contributed by atoms with E-state index in [1.165, 1.54) is 12.1 Å². The van der Waals surface area contributed by atoms with Gasteiger partial charge in [-0.1, -0.05) is 35.9 Å². The number of aldehydes is 1. The Bertz CT molecular complexity index is 783. The number of halogens is 3. The fourth-order valence-electron chi connectivity index (χ4n) is 3.47. The molecule has 2 aromatic rings. The number of rotatable bonds is 5. The Kier molecular flexibility index (Phi) is 5.85. The lowest BCUT2D eigenvalue weighted by molar-refractivity contribution is -0.137. The molecule has 0 N–H and O–H groups in total. The molecule has 1 fully saturated rings. The standard InChI is InChI=1S/C21H23F3N2O/c1-16-4-2-5-17(12-16)18(15-27)14-25-8-10-26(11-9-25)20-7-3-6-19(13-20)21(22,23)24/h2-7,12-13,15,18H,8-11,14H2,1H3. The predicted molar refractivity (Wildman–Crippen MR) is 100 cm³/mol. The summed E-state index contributed by atoms with van der Waals surface area (Å²) in [5.74, 6) is -0.190. The minimum Gasteiger partial charge on any atom is -0.369 e. The second-order valence-corrected chi connectivity index (χ2v) is 6.99. The normalized spacial score (nSPS) is 17.0. The van der Waals surface area contributed by atoms with Crippen LogP contribution >= 0.6 is 0 Å². The van der Waals surface area contributed by atoms with Crippen LogP contribution in [0.3, 0.4) is 0 Å². The molecule has 1 aliphatic heterocycles. The number of nitrogens with zero attached hydrogens (tertiary/aromatic N) is 2. The first kappa shape index (κ1) is 19.4. The minimum absolute atomic E-state index is 0.190. The smallest absolute Gasteiger partial charge is 0.369 e. The predicted octanol–water partition coefficient (Wildman–Crippen LogP) is 4.12. The van der Waals surface area contributed by atoms with Crippen molar-refractivity contribution in [2.45, 2.75) is 19.0 Å². The van der Waals surface area contributed by atoms with E-state index in [0.29, 0.717) is 38.4 Å². The highest BCUT2D eigenvalue weighted by atomic mass is 19.4. The fraction of sp³-hybridized carbons (Fsp3) is 0.381. The van der Waals surface area contributed by atoms with E-state index in [0.717, 1.165) is 23.5 Å². The van der Waals surface area contributed by atoms with Crippen LogP contribution in [0.2, 0.25) is 0 Å². The quantitative estimate of drug-likeness (QED) is 0.734. The minimum atomic E-state index is -4.33. The van der Waals surface area contributed by atoms with Crippen LogP contribution in [0.25, 0.3) is 0 Å². The molecular weight excluding hydrogens is 353 g/mol. The molecule has 1 unspecified atom stereocenters. The number of hydrogen-bond acceptors (Lipinski definition) is 3. The maximum Gasteiger partial charge on any atom is 0.416 e. The van der Waals surface area contributed by atoms with Crippen molar-refractivity contribution in [2.24, 2.45) is 0 Å². The van der Waals surface area contributed by atoms with E-state index in [9.17, 15) is 18.0 Å². The molecule has 6 heteroatoms. The van der Waals surface area contributed by atoms with Crippen LogP contribution in [-0.2, 0) is 11.0 Å². The van der Waals surface area contributed by atoms with E-state index in [4.69, 9.17) is 0 Å². The fourth-order valence-corrected chi connectivity index (χ4v) is 3.47. The highest BCUT2D eigenvalue weighted by Crippen LogP contribution is 2.32. The number of aryl methyl sites for hydroxylation is 1. The Morgan fingerprint density at radius 2 is 1.74 bits per heavy atom. The van der Waals surface area contributed by atoms with Gasteiger partial charge in [-0.15, -0.1) is 0 Å². The first-order valence-electron chi connectivity index (χ1n) is 9.03. The Morgan fingerprint density at radius 1 is 1.04 bits per heavy atom. The third kappa shape index (κ3) is 4.89. The molecule has 1 heterocycles. The molecule has 0 aliphatic carbocycles. The SMILES string of the molecule is Cc1cccc(C(C=O)CN2CCN(c3cccc(C(F)(F)F)c3)CC2)c1. The van der Waals surface area contributed by atoms with Crippen LogP contribution in [0.15, 0.2) is 48.5 Å². The van der Waals surface area contributed by atoms with Crippen LogP contribution in [0.4, 0.5) is 18.9 Å². The maximum absolute atomic E-state index is 12.9. The van der Waals surface area contributed by atoms with E-state index in [2.05, 4.69) is 4.90 Å². The molecule has 1 aliphatic rings. The van der Waals surface area contributed by atoms with E-state index >= 15 is 0 Å². The zero-order valence-electron chi connectivity index (χ0n) is 15.2. The largest absolute Gasteiger partial charge is 0.416 e. The van der Waals surface area contributed by atoms with Crippen LogP contribution in [0.5, 0.6) is 0 Å². The molecule has 0 bridgehead atoms. The molecular formula is C21H23F3N2O. The third-order valence-corrected chi connectivity index (χ3v) is 5.00. The van der Waals surface area contributed by atoms with Crippen molar-refractivity contribution in [2.75, 3.05) is 37.6 Å². The molecule has 27 heavy (non-hydrogen) atoms. The summed E-state index contributed by atoms with van der Waals surface area (Å²) in [5.41, 5.74) is 2.09. The number of benzene rings is 2. The van der Waals surface area contributed by atoms with Gasteiger partial charge in [-0.2, -0.15) is 13.2 Å². The summed E-state index contributed by atoms with van der Waals surface area (Å²) in [5, 5.41) is 0. The van der Waals surface area contributed by atoms with Crippen molar-refractivity contribution in [3.8, 4) is 0 Å². The van der Waals surface area contributed by atoms with Crippen molar-refractivity contribution in [3.63, 3.8) is 0 Å². The molecule has 144 valence electrons. The lowest BCUT2D eigenvalue weighted by Crippen LogP contribution is -2.47. The molecule has 0 saturated carbocycles. The van der Waals surface area contributed by atoms with Crippen molar-refractivity contribution in [1.29, 1.82) is 0 Å². The highest BCUT2D eigenvalue weighted by Gasteiger charge is 2.31. The Hall–Kier alpha value is -2.34. The molecule has 1 atom stereocenters. The molecule has 2 aromatic carbocycles. The van der Waals surface area contributed by atoms with Gasteiger partial charge in [0.05, 0.1) is 11.5 Å². The van der Waals surface area contributed by atoms with Crippen molar-refractivity contribution >= 4 is 12.0 Å². The van der Waals surface area contributed by atoms with E-state index < -0.39 is 11.7 Å². The van der Waals surface area contributed by atoms with Crippen molar-refractivity contribution in [3.05, 3.63) is 65.2 Å². The van der Waals surface area contributed by atoms with Gasteiger partial charge in [0, 0.05) is 38.4 Å². The summed E-state index contributed by atoms with van der Waals surface area (Å²) in [6, 6.07) is 13.4. The highest BCUT2D eigenvalue weighted by molar-refractivity contribution is 5.62. The molecule has 0 amide bonds. The number of anilines is 1. The molecule has 1 saturated heterocycles. The van der Waals surface area contributed by atoms with Crippen molar-refractivity contribution in [1.82, 2.24) is 4.90 Å². The average molecular weight is 376 g/mol. The van der Waals surface area contributed by atoms with Crippen LogP contribution in [0, 0.1) is 6.92 Å². The zero-order valence-corrected chi connectivity index (χ0v) is 15.2. The lowest BCUT2D eigenvalue weighted by Gasteiger charge is -2.37. The van der Waals surface area contributed by atoms with Crippen LogP contribution < -0.4 is 4.90 Å². The second kappa shape index (κ2) is 8.13. The Morgan fingerprint density at radius 3 is 2.37 bits per heavy atom. The second-order valence-electron chi connectivity index (χ2n) is 6.99. The summed E-state index contributed by atoms with van der Waals surface area (Å²) in [7, 11) is 0. The van der Waals surface area contributed by atoms with Crippen LogP contribution in [0.1, 0.15) is 22.6 Å². The molecule has 3 rings (SSSR count). The number of piperazine rings is 1. The first-order valence-corrected chi connectivity index (χ1v) is 9.03. The van der Waals surface area contributed by atoms with Gasteiger partial charge in [-0.05, 0) is 30.7 Å². The number of carbonyl (C=O) groups excluding carboxylic acids is 1. The molecule has 0 radical (unpaired) electrons. The van der Waals surface area contributed by atoms with E-state index in [1.54, 1.807) is 6.07 Å². The van der Waals surface area contributed by atoms with Crippen molar-refractivity contribution < 1.29 is 18.0 Å². The summed E-state index contributed by atoms with van der Waals surface area (Å²) in [6.07, 6.45) is -3.35. The Labute approximate surface area is 157 Å². The van der Waals surface area contributed by atoms with Gasteiger partial charge in [-0.3, -0.25) is 4.90 Å². The molecule has 3 nitrogen and oxygen atoms in total. The van der Waals surface area contributed by atoms with Gasteiger partial charge in [0.15, 0.2) is 0 Å². The van der Waals surface area contributed by atoms with Gasteiger partial charge >= 0.3 is 6.18 Å². The van der Waals surface area contributed by atoms with E-state index in [-0.39, 0.29) is 5.92 Å². The lowest BCUT2D eigenvalue weighted by atomic mass is 9.98. The summed E-state index contributed by atoms with van der Waals surface area (Å²) in [6.45, 7) is 5.34. The molecule has 0 aromatic heterocycles. The molecule has 0 spiro atoms. The summed E-state index contributed by atoms with van der Waals surface area (Å²) in [4.78, 5) is 15.7. The summed E-state index contributed by atoms with van der Waals surface area (Å²) >= 11 is 0. The summed E-state index contributed by atoms with van der Waals surface area (Å²) < 4.78 is 38.7. The van der Waals surface area contributed by atoms with Gasteiger partial charge in [0.1, 0.15) is 6.29 Å². The third-order valence-electron chi connectivity index (χ3n) is 5.00. The maximum atomic E-state index is 12.9. The number of alkyl halides is 3. The van der Waals surface area contributed by atoms with Gasteiger partial charge in [0.2, 0.25) is 0 Å².